The third kappa shape index (κ3) is 4.99. The van der Waals surface area contributed by atoms with E-state index in [1.807, 2.05) is 41.5 Å². The van der Waals surface area contributed by atoms with E-state index in [9.17, 15) is 19.5 Å². The number of rotatable bonds is 12. The molecule has 0 aromatic heterocycles. The van der Waals surface area contributed by atoms with Gasteiger partial charge in [0.1, 0.15) is 11.6 Å². The van der Waals surface area contributed by atoms with Gasteiger partial charge in [0, 0.05) is 30.0 Å². The highest BCUT2D eigenvalue weighted by molar-refractivity contribution is 9.09. The first-order valence-electron chi connectivity index (χ1n) is 13.9. The molecular formula is C29H46BrN3O5. The number of nitrogens with zero attached hydrogens (tertiary/aromatic N) is 3. The van der Waals surface area contributed by atoms with E-state index in [2.05, 4.69) is 29.1 Å². The number of ether oxygens (including phenoxy) is 1. The molecular weight excluding hydrogens is 550 g/mol. The van der Waals surface area contributed by atoms with E-state index in [0.717, 1.165) is 12.8 Å². The molecule has 3 rings (SSSR count). The Bertz CT molecular complexity index is 936. The van der Waals surface area contributed by atoms with Gasteiger partial charge in [-0.2, -0.15) is 0 Å². The molecule has 3 fully saturated rings. The summed E-state index contributed by atoms with van der Waals surface area (Å²) >= 11 is 3.75. The van der Waals surface area contributed by atoms with Gasteiger partial charge in [0.15, 0.2) is 0 Å². The molecule has 1 spiro atoms. The van der Waals surface area contributed by atoms with Crippen molar-refractivity contribution < 1.29 is 24.2 Å². The Kier molecular flexibility index (Phi) is 9.58. The average Bonchev–Trinajstić information content (AvgIpc) is 3.45. The highest BCUT2D eigenvalue weighted by Gasteiger charge is 2.77. The molecule has 3 aliphatic heterocycles. The number of halogens is 1. The van der Waals surface area contributed by atoms with Crippen molar-refractivity contribution >= 4 is 33.7 Å². The van der Waals surface area contributed by atoms with Gasteiger partial charge in [-0.25, -0.2) is 0 Å². The number of carbonyl (C=O) groups excluding carboxylic acids is 3. The van der Waals surface area contributed by atoms with Crippen LogP contribution in [0.3, 0.4) is 0 Å². The van der Waals surface area contributed by atoms with Crippen molar-refractivity contribution in [1.82, 2.24) is 14.7 Å². The number of aliphatic hydroxyl groups is 1. The molecule has 0 saturated carbocycles. The molecule has 3 amide bonds. The summed E-state index contributed by atoms with van der Waals surface area (Å²) < 4.78 is 6.68. The van der Waals surface area contributed by atoms with Gasteiger partial charge in [0.2, 0.25) is 17.7 Å². The SMILES string of the molecule is C=CCN(CCC)C(=O)[C@H]1[C@@H]2OC3(CC2Br)C(C(=O)N(CC=C)C(C)(C)C)N([C@@H](CO)[C@@H](C)CC)C(=O)[C@H]13. The summed E-state index contributed by atoms with van der Waals surface area (Å²) in [6.45, 7) is 20.5. The normalized spacial score (nSPS) is 31.6. The number of amides is 3. The van der Waals surface area contributed by atoms with Crippen LogP contribution < -0.4 is 0 Å². The van der Waals surface area contributed by atoms with Gasteiger partial charge in [-0.3, -0.25) is 14.4 Å². The molecule has 8 nitrogen and oxygen atoms in total. The number of alkyl halides is 1. The Morgan fingerprint density at radius 2 is 1.87 bits per heavy atom. The molecule has 38 heavy (non-hydrogen) atoms. The van der Waals surface area contributed by atoms with Crippen LogP contribution in [0.25, 0.3) is 0 Å². The number of aliphatic hydroxyl groups excluding tert-OH is 1. The standard InChI is InChI=1S/C29H46BrN3O5/c1-9-13-31(14-10-2)25(35)21-22-26(36)33(20(17-34)18(5)12-4)24(29(22)16-19(30)23(21)38-29)27(37)32(15-11-3)28(6,7)8/h9,11,18-24,34H,1,3,10,12-17H2,2,4-8H3/t18-,19?,20-,21+,22-,23+,24?,29?/m0/s1. The summed E-state index contributed by atoms with van der Waals surface area (Å²) in [4.78, 5) is 47.8. The van der Waals surface area contributed by atoms with Crippen molar-refractivity contribution in [3.63, 3.8) is 0 Å². The fourth-order valence-corrected chi connectivity index (χ4v) is 7.64. The van der Waals surface area contributed by atoms with Crippen molar-refractivity contribution in [3.05, 3.63) is 25.3 Å². The van der Waals surface area contributed by atoms with Gasteiger partial charge in [0.05, 0.1) is 30.6 Å². The second-order valence-corrected chi connectivity index (χ2v) is 13.2. The first-order valence-corrected chi connectivity index (χ1v) is 14.8. The fourth-order valence-electron chi connectivity index (χ4n) is 6.70. The van der Waals surface area contributed by atoms with Crippen LogP contribution in [0.1, 0.15) is 60.8 Å². The highest BCUT2D eigenvalue weighted by Crippen LogP contribution is 2.61. The molecule has 3 aliphatic rings. The van der Waals surface area contributed by atoms with Crippen LogP contribution in [0.15, 0.2) is 25.3 Å². The van der Waals surface area contributed by atoms with Gasteiger partial charge in [-0.1, -0.05) is 55.3 Å². The zero-order valence-electron chi connectivity index (χ0n) is 23.9. The zero-order valence-corrected chi connectivity index (χ0v) is 25.4. The minimum atomic E-state index is -1.16. The summed E-state index contributed by atoms with van der Waals surface area (Å²) in [7, 11) is 0. The van der Waals surface area contributed by atoms with E-state index in [1.165, 1.54) is 0 Å². The predicted octanol–water partition coefficient (Wildman–Crippen LogP) is 3.38. The molecule has 9 heteroatoms. The van der Waals surface area contributed by atoms with Crippen LogP contribution in [0.4, 0.5) is 0 Å². The Morgan fingerprint density at radius 3 is 2.37 bits per heavy atom. The smallest absolute Gasteiger partial charge is 0.249 e. The van der Waals surface area contributed by atoms with Crippen LogP contribution in [0.5, 0.6) is 0 Å². The molecule has 0 aromatic carbocycles. The molecule has 1 N–H and O–H groups in total. The fraction of sp³-hybridized carbons (Fsp3) is 0.759. The molecule has 0 aromatic rings. The zero-order chi connectivity index (χ0) is 28.6. The number of hydrogen-bond donors (Lipinski definition) is 1. The molecule has 3 unspecified atom stereocenters. The summed E-state index contributed by atoms with van der Waals surface area (Å²) in [5.74, 6) is -2.22. The van der Waals surface area contributed by atoms with Crippen molar-refractivity contribution in [2.24, 2.45) is 17.8 Å². The molecule has 0 radical (unpaired) electrons. The monoisotopic (exact) mass is 595 g/mol. The first kappa shape index (κ1) is 30.8. The molecule has 214 valence electrons. The Balaban J connectivity index is 2.19. The van der Waals surface area contributed by atoms with E-state index in [0.29, 0.717) is 26.1 Å². The minimum Gasteiger partial charge on any atom is -0.394 e. The largest absolute Gasteiger partial charge is 0.394 e. The maximum Gasteiger partial charge on any atom is 0.249 e. The topological polar surface area (TPSA) is 90.4 Å². The van der Waals surface area contributed by atoms with Gasteiger partial charge in [-0.05, 0) is 39.5 Å². The lowest BCUT2D eigenvalue weighted by Gasteiger charge is -2.44. The highest BCUT2D eigenvalue weighted by atomic mass is 79.9. The van der Waals surface area contributed by atoms with Crippen molar-refractivity contribution in [2.45, 2.75) is 95.0 Å². The number of likely N-dealkylation sites (tertiary alicyclic amines) is 1. The molecule has 8 atom stereocenters. The maximum absolute atomic E-state index is 14.5. The van der Waals surface area contributed by atoms with E-state index in [1.54, 1.807) is 26.9 Å². The third-order valence-corrected chi connectivity index (χ3v) is 9.48. The Morgan fingerprint density at radius 1 is 1.24 bits per heavy atom. The summed E-state index contributed by atoms with van der Waals surface area (Å²) in [5, 5.41) is 10.5. The third-order valence-electron chi connectivity index (χ3n) is 8.63. The average molecular weight is 597 g/mol. The summed E-state index contributed by atoms with van der Waals surface area (Å²) in [6.07, 6.45) is 4.79. The lowest BCUT2D eigenvalue weighted by atomic mass is 9.70. The van der Waals surface area contributed by atoms with Gasteiger partial charge in [-0.15, -0.1) is 13.2 Å². The van der Waals surface area contributed by atoms with Crippen LogP contribution in [-0.4, -0.2) is 97.9 Å². The lowest BCUT2D eigenvalue weighted by Crippen LogP contribution is -2.62. The van der Waals surface area contributed by atoms with Crippen molar-refractivity contribution in [3.8, 4) is 0 Å². The van der Waals surface area contributed by atoms with E-state index in [-0.39, 0.29) is 35.1 Å². The van der Waals surface area contributed by atoms with Crippen LogP contribution in [0.2, 0.25) is 0 Å². The summed E-state index contributed by atoms with van der Waals surface area (Å²) in [5.41, 5.74) is -1.70. The van der Waals surface area contributed by atoms with E-state index in [4.69, 9.17) is 4.74 Å². The van der Waals surface area contributed by atoms with Crippen molar-refractivity contribution in [2.75, 3.05) is 26.2 Å². The Hall–Kier alpha value is -1.71. The molecule has 3 heterocycles. The lowest BCUT2D eigenvalue weighted by molar-refractivity contribution is -0.156. The van der Waals surface area contributed by atoms with Crippen LogP contribution in [0, 0.1) is 17.8 Å². The number of fused-ring (bicyclic) bond motifs is 1. The second-order valence-electron chi connectivity index (χ2n) is 12.0. The van der Waals surface area contributed by atoms with Crippen molar-refractivity contribution in [1.29, 1.82) is 0 Å². The van der Waals surface area contributed by atoms with E-state index >= 15 is 0 Å². The first-order chi connectivity index (χ1) is 17.9. The van der Waals surface area contributed by atoms with Crippen LogP contribution in [-0.2, 0) is 19.1 Å². The van der Waals surface area contributed by atoms with Gasteiger partial charge >= 0.3 is 0 Å². The molecule has 0 aliphatic carbocycles. The predicted molar refractivity (Wildman–Crippen MR) is 152 cm³/mol. The number of hydrogen-bond acceptors (Lipinski definition) is 5. The van der Waals surface area contributed by atoms with Crippen LogP contribution >= 0.6 is 15.9 Å². The Labute approximate surface area is 236 Å². The quantitative estimate of drug-likeness (QED) is 0.276. The van der Waals surface area contributed by atoms with E-state index < -0.39 is 41.2 Å². The number of carbonyl (C=O) groups is 3. The maximum atomic E-state index is 14.5. The van der Waals surface area contributed by atoms with Gasteiger partial charge < -0.3 is 24.5 Å². The summed E-state index contributed by atoms with van der Waals surface area (Å²) in [6, 6.07) is -1.52. The molecule has 2 bridgehead atoms. The minimum absolute atomic E-state index is 0.0551. The second kappa shape index (κ2) is 11.8. The molecule has 3 saturated heterocycles. The van der Waals surface area contributed by atoms with Gasteiger partial charge in [0.25, 0.3) is 0 Å².